The number of nitrogens with zero attached hydrogens (tertiary/aromatic N) is 3. The predicted molar refractivity (Wildman–Crippen MR) is 91.2 cm³/mol. The van der Waals surface area contributed by atoms with Gasteiger partial charge in [-0.05, 0) is 57.4 Å². The number of thiazole rings is 1. The number of hydrogen-bond acceptors (Lipinski definition) is 7. The summed E-state index contributed by atoms with van der Waals surface area (Å²) in [6.07, 6.45) is 3.85. The highest BCUT2D eigenvalue weighted by molar-refractivity contribution is 7.15. The molecule has 3 N–H and O–H groups in total. The average Bonchev–Trinajstić information content (AvgIpc) is 3.17. The average molecular weight is 323 g/mol. The molecule has 2 aromatic rings. The number of hydrogen-bond donors (Lipinski definition) is 2. The fraction of sp³-hybridized carbons (Fsp3) is 0.571. The van der Waals surface area contributed by atoms with Crippen LogP contribution in [-0.2, 0) is 0 Å². The lowest BCUT2D eigenvalue weighted by atomic mass is 10.3. The standard InChI is InChI=1S/C14H21N5S2/c1-10-9-20-14(17-10)11-12(15)18-21-13(11)16-5-4-8-19-6-2-3-7-19/h9,16H,2-8H2,1H3,(H2,15,18). The topological polar surface area (TPSA) is 67.1 Å². The molecule has 0 aromatic carbocycles. The van der Waals surface area contributed by atoms with Crippen molar-refractivity contribution in [3.63, 3.8) is 0 Å². The molecule has 21 heavy (non-hydrogen) atoms. The molecule has 0 atom stereocenters. The van der Waals surface area contributed by atoms with Gasteiger partial charge in [0.15, 0.2) is 0 Å². The second-order valence-corrected chi connectivity index (χ2v) is 7.03. The quantitative estimate of drug-likeness (QED) is 0.800. The first kappa shape index (κ1) is 14.7. The van der Waals surface area contributed by atoms with E-state index in [9.17, 15) is 0 Å². The molecule has 0 radical (unpaired) electrons. The molecule has 0 spiro atoms. The Labute approximate surface area is 133 Å². The van der Waals surface area contributed by atoms with Crippen molar-refractivity contribution in [2.45, 2.75) is 26.2 Å². The lowest BCUT2D eigenvalue weighted by Crippen LogP contribution is -2.22. The van der Waals surface area contributed by atoms with Crippen molar-refractivity contribution in [2.24, 2.45) is 0 Å². The number of nitrogens with one attached hydrogen (secondary N) is 1. The van der Waals surface area contributed by atoms with Crippen LogP contribution >= 0.6 is 22.9 Å². The van der Waals surface area contributed by atoms with Gasteiger partial charge in [0.1, 0.15) is 15.8 Å². The van der Waals surface area contributed by atoms with E-state index in [0.29, 0.717) is 5.82 Å². The smallest absolute Gasteiger partial charge is 0.149 e. The molecule has 0 aliphatic carbocycles. The number of rotatable bonds is 6. The van der Waals surface area contributed by atoms with Crippen molar-refractivity contribution in [3.8, 4) is 10.6 Å². The highest BCUT2D eigenvalue weighted by atomic mass is 32.1. The fourth-order valence-electron chi connectivity index (χ4n) is 2.61. The minimum atomic E-state index is 0.580. The van der Waals surface area contributed by atoms with Gasteiger partial charge >= 0.3 is 0 Å². The van der Waals surface area contributed by atoms with Gasteiger partial charge in [0.25, 0.3) is 0 Å². The van der Waals surface area contributed by atoms with E-state index in [1.807, 2.05) is 12.3 Å². The molecule has 3 heterocycles. The summed E-state index contributed by atoms with van der Waals surface area (Å²) in [6, 6.07) is 0. The van der Waals surface area contributed by atoms with E-state index in [1.165, 1.54) is 44.0 Å². The van der Waals surface area contributed by atoms with Crippen LogP contribution in [0, 0.1) is 6.92 Å². The van der Waals surface area contributed by atoms with Gasteiger partial charge in [0.05, 0.1) is 5.56 Å². The third kappa shape index (κ3) is 3.53. The van der Waals surface area contributed by atoms with Crippen LogP contribution in [0.1, 0.15) is 25.0 Å². The van der Waals surface area contributed by atoms with Crippen molar-refractivity contribution in [3.05, 3.63) is 11.1 Å². The summed E-state index contributed by atoms with van der Waals surface area (Å²) >= 11 is 3.05. The van der Waals surface area contributed by atoms with E-state index in [1.54, 1.807) is 11.3 Å². The van der Waals surface area contributed by atoms with E-state index in [4.69, 9.17) is 5.73 Å². The summed E-state index contributed by atoms with van der Waals surface area (Å²) in [7, 11) is 0. The summed E-state index contributed by atoms with van der Waals surface area (Å²) in [5, 5.41) is 7.53. The molecule has 0 bridgehead atoms. The van der Waals surface area contributed by atoms with E-state index >= 15 is 0 Å². The Hall–Kier alpha value is -1.18. The molecule has 0 unspecified atom stereocenters. The van der Waals surface area contributed by atoms with E-state index < -0.39 is 0 Å². The van der Waals surface area contributed by atoms with Gasteiger partial charge in [-0.2, -0.15) is 4.37 Å². The van der Waals surface area contributed by atoms with Crippen LogP contribution in [0.3, 0.4) is 0 Å². The second kappa shape index (κ2) is 6.72. The third-order valence-corrected chi connectivity index (χ3v) is 5.48. The number of anilines is 2. The first-order chi connectivity index (χ1) is 10.2. The molecule has 114 valence electrons. The Morgan fingerprint density at radius 1 is 1.38 bits per heavy atom. The van der Waals surface area contributed by atoms with Gasteiger partial charge < -0.3 is 16.0 Å². The Morgan fingerprint density at radius 3 is 2.90 bits per heavy atom. The van der Waals surface area contributed by atoms with Crippen molar-refractivity contribution >= 4 is 33.7 Å². The highest BCUT2D eigenvalue weighted by Crippen LogP contribution is 2.38. The maximum Gasteiger partial charge on any atom is 0.149 e. The largest absolute Gasteiger partial charge is 0.382 e. The first-order valence-corrected chi connectivity index (χ1v) is 9.03. The van der Waals surface area contributed by atoms with Crippen LogP contribution in [-0.4, -0.2) is 40.4 Å². The minimum absolute atomic E-state index is 0.580. The number of nitrogen functional groups attached to an aromatic ring is 1. The molecular formula is C14H21N5S2. The lowest BCUT2D eigenvalue weighted by molar-refractivity contribution is 0.337. The molecular weight excluding hydrogens is 302 g/mol. The normalized spacial score (nSPS) is 15.7. The Bertz CT molecular complexity index is 586. The van der Waals surface area contributed by atoms with Crippen molar-refractivity contribution in [1.82, 2.24) is 14.3 Å². The second-order valence-electron chi connectivity index (χ2n) is 5.40. The van der Waals surface area contributed by atoms with Crippen molar-refractivity contribution in [2.75, 3.05) is 37.2 Å². The van der Waals surface area contributed by atoms with Crippen molar-refractivity contribution < 1.29 is 0 Å². The molecule has 1 fully saturated rings. The summed E-state index contributed by atoms with van der Waals surface area (Å²) < 4.78 is 4.27. The van der Waals surface area contributed by atoms with Crippen LogP contribution in [0.15, 0.2) is 5.38 Å². The summed E-state index contributed by atoms with van der Waals surface area (Å²) in [6.45, 7) is 6.65. The van der Waals surface area contributed by atoms with E-state index in [0.717, 1.165) is 34.2 Å². The molecule has 7 heteroatoms. The SMILES string of the molecule is Cc1csc(-c2c(N)nsc2NCCCN2CCCC2)n1. The maximum atomic E-state index is 6.00. The zero-order valence-electron chi connectivity index (χ0n) is 12.3. The Morgan fingerprint density at radius 2 is 2.19 bits per heavy atom. The van der Waals surface area contributed by atoms with Gasteiger partial charge in [-0.3, -0.25) is 0 Å². The molecule has 1 saturated heterocycles. The van der Waals surface area contributed by atoms with Crippen LogP contribution < -0.4 is 11.1 Å². The molecule has 0 amide bonds. The van der Waals surface area contributed by atoms with Gasteiger partial charge in [0.2, 0.25) is 0 Å². The summed E-state index contributed by atoms with van der Waals surface area (Å²) in [5.41, 5.74) is 8.00. The van der Waals surface area contributed by atoms with E-state index in [2.05, 4.69) is 19.6 Å². The summed E-state index contributed by atoms with van der Waals surface area (Å²) in [4.78, 5) is 7.06. The highest BCUT2D eigenvalue weighted by Gasteiger charge is 2.16. The lowest BCUT2D eigenvalue weighted by Gasteiger charge is -2.14. The van der Waals surface area contributed by atoms with Gasteiger partial charge in [-0.15, -0.1) is 11.3 Å². The molecule has 1 aliphatic rings. The van der Waals surface area contributed by atoms with Crippen LogP contribution in [0.2, 0.25) is 0 Å². The number of likely N-dealkylation sites (tertiary alicyclic amines) is 1. The predicted octanol–water partition coefficient (Wildman–Crippen LogP) is 3.06. The third-order valence-electron chi connectivity index (χ3n) is 3.69. The van der Waals surface area contributed by atoms with Crippen molar-refractivity contribution in [1.29, 1.82) is 0 Å². The zero-order valence-corrected chi connectivity index (χ0v) is 13.9. The van der Waals surface area contributed by atoms with Crippen LogP contribution in [0.4, 0.5) is 10.8 Å². The molecule has 5 nitrogen and oxygen atoms in total. The minimum Gasteiger partial charge on any atom is -0.382 e. The first-order valence-electron chi connectivity index (χ1n) is 7.38. The monoisotopic (exact) mass is 323 g/mol. The van der Waals surface area contributed by atoms with Gasteiger partial charge in [-0.1, -0.05) is 0 Å². The number of nitrogens with two attached hydrogens (primary N) is 1. The van der Waals surface area contributed by atoms with Crippen LogP contribution in [0.25, 0.3) is 10.6 Å². The Kier molecular flexibility index (Phi) is 4.72. The van der Waals surface area contributed by atoms with Gasteiger partial charge in [-0.25, -0.2) is 4.98 Å². The fourth-order valence-corrected chi connectivity index (χ4v) is 4.27. The maximum absolute atomic E-state index is 6.00. The molecule has 0 saturated carbocycles. The molecule has 1 aliphatic heterocycles. The van der Waals surface area contributed by atoms with E-state index in [-0.39, 0.29) is 0 Å². The van der Waals surface area contributed by atoms with Gasteiger partial charge in [0, 0.05) is 17.6 Å². The van der Waals surface area contributed by atoms with Crippen LogP contribution in [0.5, 0.6) is 0 Å². The zero-order chi connectivity index (χ0) is 14.7. The number of aryl methyl sites for hydroxylation is 1. The Balaban J connectivity index is 1.58. The number of aromatic nitrogens is 2. The molecule has 2 aromatic heterocycles. The summed E-state index contributed by atoms with van der Waals surface area (Å²) in [5.74, 6) is 0.580. The molecule has 3 rings (SSSR count).